The highest BCUT2D eigenvalue weighted by Crippen LogP contribution is 2.12. The van der Waals surface area contributed by atoms with Gasteiger partial charge in [0.15, 0.2) is 5.96 Å². The molecule has 0 heterocycles. The summed E-state index contributed by atoms with van der Waals surface area (Å²) in [5.74, 6) is 0.679. The molecule has 25 heavy (non-hydrogen) atoms. The molecule has 0 radical (unpaired) electrons. The number of nitrogens with one attached hydrogen (secondary N) is 2. The van der Waals surface area contributed by atoms with Crippen molar-refractivity contribution in [2.45, 2.75) is 6.54 Å². The molecular weight excluding hydrogens is 336 g/mol. The Labute approximate surface area is 153 Å². The Morgan fingerprint density at radius 1 is 1.08 bits per heavy atom. The fourth-order valence-electron chi connectivity index (χ4n) is 2.41. The lowest BCUT2D eigenvalue weighted by atomic mass is 10.2. The van der Waals surface area contributed by atoms with Crippen molar-refractivity contribution < 1.29 is 4.79 Å². The van der Waals surface area contributed by atoms with E-state index in [1.54, 1.807) is 19.2 Å². The van der Waals surface area contributed by atoms with Crippen molar-refractivity contribution >= 4 is 23.5 Å². The van der Waals surface area contributed by atoms with E-state index in [0.29, 0.717) is 25.2 Å². The number of halogens is 1. The second-order valence-electron chi connectivity index (χ2n) is 5.58. The van der Waals surface area contributed by atoms with E-state index in [2.05, 4.69) is 15.6 Å². The van der Waals surface area contributed by atoms with Crippen molar-refractivity contribution in [3.05, 3.63) is 70.7 Å². The highest BCUT2D eigenvalue weighted by Gasteiger charge is 2.07. The van der Waals surface area contributed by atoms with Gasteiger partial charge in [-0.25, -0.2) is 0 Å². The van der Waals surface area contributed by atoms with Gasteiger partial charge in [0.1, 0.15) is 0 Å². The van der Waals surface area contributed by atoms with E-state index < -0.39 is 0 Å². The van der Waals surface area contributed by atoms with Crippen molar-refractivity contribution in [3.8, 4) is 0 Å². The standard InChI is InChI=1S/C19H23ClN4O/c1-21-19(24(2)14-15-7-6-10-17(20)13-15)23-12-11-22-18(25)16-8-4-3-5-9-16/h3-10,13H,11-12,14H2,1-2H3,(H,21,23)(H,22,25). The first kappa shape index (κ1) is 18.8. The minimum absolute atomic E-state index is 0.0790. The van der Waals surface area contributed by atoms with Crippen LogP contribution in [0.15, 0.2) is 59.6 Å². The van der Waals surface area contributed by atoms with Crippen LogP contribution in [0, 0.1) is 0 Å². The molecule has 1 amide bonds. The number of rotatable bonds is 6. The molecule has 0 saturated carbocycles. The summed E-state index contributed by atoms with van der Waals surface area (Å²) >= 11 is 6.02. The summed E-state index contributed by atoms with van der Waals surface area (Å²) < 4.78 is 0. The average molecular weight is 359 g/mol. The van der Waals surface area contributed by atoms with Gasteiger partial charge in [-0.1, -0.05) is 41.9 Å². The molecule has 2 aromatic carbocycles. The summed E-state index contributed by atoms with van der Waals surface area (Å²) in [7, 11) is 3.69. The van der Waals surface area contributed by atoms with E-state index >= 15 is 0 Å². The number of hydrogen-bond donors (Lipinski definition) is 2. The van der Waals surface area contributed by atoms with Crippen molar-refractivity contribution in [3.63, 3.8) is 0 Å². The van der Waals surface area contributed by atoms with Gasteiger partial charge < -0.3 is 15.5 Å². The van der Waals surface area contributed by atoms with E-state index in [-0.39, 0.29) is 5.91 Å². The molecule has 2 rings (SSSR count). The molecule has 0 unspecified atom stereocenters. The first-order valence-electron chi connectivity index (χ1n) is 8.09. The highest BCUT2D eigenvalue weighted by atomic mass is 35.5. The molecule has 0 aromatic heterocycles. The van der Waals surface area contributed by atoms with Crippen LogP contribution < -0.4 is 10.6 Å². The summed E-state index contributed by atoms with van der Waals surface area (Å²) in [4.78, 5) is 18.2. The first-order valence-corrected chi connectivity index (χ1v) is 8.47. The number of hydrogen-bond acceptors (Lipinski definition) is 2. The van der Waals surface area contributed by atoms with Crippen LogP contribution in [0.2, 0.25) is 5.02 Å². The number of amides is 1. The topological polar surface area (TPSA) is 56.7 Å². The molecule has 0 aliphatic carbocycles. The molecule has 6 heteroatoms. The van der Waals surface area contributed by atoms with E-state index in [1.807, 2.05) is 54.4 Å². The maximum Gasteiger partial charge on any atom is 0.251 e. The largest absolute Gasteiger partial charge is 0.354 e. The number of carbonyl (C=O) groups is 1. The summed E-state index contributed by atoms with van der Waals surface area (Å²) in [6.45, 7) is 1.79. The van der Waals surface area contributed by atoms with Crippen LogP contribution in [-0.4, -0.2) is 44.0 Å². The van der Waals surface area contributed by atoms with Crippen LogP contribution in [0.1, 0.15) is 15.9 Å². The van der Waals surface area contributed by atoms with E-state index in [9.17, 15) is 4.79 Å². The van der Waals surface area contributed by atoms with Crippen molar-refractivity contribution in [2.24, 2.45) is 4.99 Å². The first-order chi connectivity index (χ1) is 12.1. The molecule has 0 aliphatic heterocycles. The number of aliphatic imine (C=N–C) groups is 1. The smallest absolute Gasteiger partial charge is 0.251 e. The van der Waals surface area contributed by atoms with Gasteiger partial charge >= 0.3 is 0 Å². The summed E-state index contributed by atoms with van der Waals surface area (Å²) in [5, 5.41) is 6.84. The van der Waals surface area contributed by atoms with Crippen LogP contribution in [0.25, 0.3) is 0 Å². The van der Waals surface area contributed by atoms with Gasteiger partial charge in [0.25, 0.3) is 5.91 Å². The van der Waals surface area contributed by atoms with Crippen LogP contribution in [-0.2, 0) is 6.54 Å². The zero-order chi connectivity index (χ0) is 18.1. The van der Waals surface area contributed by atoms with Crippen LogP contribution in [0.5, 0.6) is 0 Å². The second kappa shape index (κ2) is 9.69. The number of guanidine groups is 1. The van der Waals surface area contributed by atoms with Crippen LogP contribution >= 0.6 is 11.6 Å². The Kier molecular flexibility index (Phi) is 7.29. The Morgan fingerprint density at radius 3 is 2.48 bits per heavy atom. The number of carbonyl (C=O) groups excluding carboxylic acids is 1. The lowest BCUT2D eigenvalue weighted by molar-refractivity contribution is 0.0954. The summed E-state index contributed by atoms with van der Waals surface area (Å²) in [5.41, 5.74) is 1.76. The molecule has 0 fully saturated rings. The minimum atomic E-state index is -0.0790. The molecule has 0 spiro atoms. The zero-order valence-corrected chi connectivity index (χ0v) is 15.3. The van der Waals surface area contributed by atoms with Crippen LogP contribution in [0.4, 0.5) is 0 Å². The van der Waals surface area contributed by atoms with Gasteiger partial charge in [0, 0.05) is 44.3 Å². The fraction of sp³-hybridized carbons (Fsp3) is 0.263. The van der Waals surface area contributed by atoms with Crippen molar-refractivity contribution in [2.75, 3.05) is 27.2 Å². The van der Waals surface area contributed by atoms with Crippen molar-refractivity contribution in [1.29, 1.82) is 0 Å². The molecule has 0 bridgehead atoms. The van der Waals surface area contributed by atoms with Gasteiger partial charge in [-0.2, -0.15) is 0 Å². The molecule has 0 atom stereocenters. The van der Waals surface area contributed by atoms with Gasteiger partial charge in [-0.3, -0.25) is 9.79 Å². The molecule has 2 aromatic rings. The van der Waals surface area contributed by atoms with Crippen molar-refractivity contribution in [1.82, 2.24) is 15.5 Å². The summed E-state index contributed by atoms with van der Waals surface area (Å²) in [6.07, 6.45) is 0. The normalized spacial score (nSPS) is 11.1. The second-order valence-corrected chi connectivity index (χ2v) is 6.02. The molecule has 2 N–H and O–H groups in total. The summed E-state index contributed by atoms with van der Waals surface area (Å²) in [6, 6.07) is 16.9. The zero-order valence-electron chi connectivity index (χ0n) is 14.5. The fourth-order valence-corrected chi connectivity index (χ4v) is 2.62. The third-order valence-corrected chi connectivity index (χ3v) is 3.85. The Bertz CT molecular complexity index is 718. The minimum Gasteiger partial charge on any atom is -0.354 e. The van der Waals surface area contributed by atoms with Gasteiger partial charge in [0.05, 0.1) is 0 Å². The average Bonchev–Trinajstić information content (AvgIpc) is 2.62. The third kappa shape index (κ3) is 6.12. The molecular formula is C19H23ClN4O. The quantitative estimate of drug-likeness (QED) is 0.474. The Hall–Kier alpha value is -2.53. The number of benzene rings is 2. The monoisotopic (exact) mass is 358 g/mol. The van der Waals surface area contributed by atoms with Gasteiger partial charge in [0.2, 0.25) is 0 Å². The number of nitrogens with zero attached hydrogens (tertiary/aromatic N) is 2. The third-order valence-electron chi connectivity index (χ3n) is 3.61. The maximum atomic E-state index is 12.0. The lowest BCUT2D eigenvalue weighted by Crippen LogP contribution is -2.42. The predicted molar refractivity (Wildman–Crippen MR) is 103 cm³/mol. The maximum absolute atomic E-state index is 12.0. The van der Waals surface area contributed by atoms with Gasteiger partial charge in [-0.05, 0) is 29.8 Å². The van der Waals surface area contributed by atoms with E-state index in [1.165, 1.54) is 0 Å². The predicted octanol–water partition coefficient (Wildman–Crippen LogP) is 2.78. The lowest BCUT2D eigenvalue weighted by Gasteiger charge is -2.22. The van der Waals surface area contributed by atoms with E-state index in [4.69, 9.17) is 11.6 Å². The van der Waals surface area contributed by atoms with Gasteiger partial charge in [-0.15, -0.1) is 0 Å². The molecule has 132 valence electrons. The molecule has 0 aliphatic rings. The van der Waals surface area contributed by atoms with E-state index in [0.717, 1.165) is 16.5 Å². The Morgan fingerprint density at radius 2 is 1.80 bits per heavy atom. The van der Waals surface area contributed by atoms with Crippen LogP contribution in [0.3, 0.4) is 0 Å². The molecule has 5 nitrogen and oxygen atoms in total. The highest BCUT2D eigenvalue weighted by molar-refractivity contribution is 6.30. The SMILES string of the molecule is CN=C(NCCNC(=O)c1ccccc1)N(C)Cc1cccc(Cl)c1. The Balaban J connectivity index is 1.77. The molecule has 0 saturated heterocycles.